The minimum atomic E-state index is -0.178. The predicted molar refractivity (Wildman–Crippen MR) is 72.0 cm³/mol. The summed E-state index contributed by atoms with van der Waals surface area (Å²) in [5.74, 6) is 1.46. The summed E-state index contributed by atoms with van der Waals surface area (Å²) in [6.07, 6.45) is 4.49. The van der Waals surface area contributed by atoms with E-state index in [0.29, 0.717) is 18.9 Å². The number of imidazole rings is 1. The fourth-order valence-electron chi connectivity index (χ4n) is 2.11. The van der Waals surface area contributed by atoms with Gasteiger partial charge in [-0.25, -0.2) is 9.78 Å². The van der Waals surface area contributed by atoms with Crippen LogP contribution in [0.3, 0.4) is 0 Å². The molecule has 3 rings (SSSR count). The summed E-state index contributed by atoms with van der Waals surface area (Å²) in [6, 6.07) is 7.37. The van der Waals surface area contributed by atoms with Gasteiger partial charge in [0.2, 0.25) is 0 Å². The summed E-state index contributed by atoms with van der Waals surface area (Å²) >= 11 is 0. The molecule has 1 aromatic carbocycles. The van der Waals surface area contributed by atoms with Gasteiger partial charge in [0.1, 0.15) is 12.9 Å². The van der Waals surface area contributed by atoms with Gasteiger partial charge < -0.3 is 14.4 Å². The van der Waals surface area contributed by atoms with E-state index in [2.05, 4.69) is 4.98 Å². The van der Waals surface area contributed by atoms with Gasteiger partial charge in [-0.1, -0.05) is 12.1 Å². The Labute approximate surface area is 116 Å². The molecule has 1 aliphatic rings. The fourth-order valence-corrected chi connectivity index (χ4v) is 2.11. The van der Waals surface area contributed by atoms with E-state index in [1.807, 2.05) is 24.3 Å². The molecule has 6 nitrogen and oxygen atoms in total. The van der Waals surface area contributed by atoms with Crippen LogP contribution >= 0.6 is 0 Å². The molecular weight excluding hydrogens is 258 g/mol. The maximum absolute atomic E-state index is 12.1. The predicted octanol–water partition coefficient (Wildman–Crippen LogP) is 1.62. The first-order valence-electron chi connectivity index (χ1n) is 6.36. The van der Waals surface area contributed by atoms with Crippen LogP contribution in [0.5, 0.6) is 11.5 Å². The summed E-state index contributed by atoms with van der Waals surface area (Å²) in [5, 5.41) is 0. The second-order valence-corrected chi connectivity index (χ2v) is 4.63. The van der Waals surface area contributed by atoms with E-state index in [-0.39, 0.29) is 12.1 Å². The lowest BCUT2D eigenvalue weighted by molar-refractivity contribution is 0.0717. The van der Waals surface area contributed by atoms with Crippen LogP contribution in [0.1, 0.15) is 0 Å². The standard InChI is InChI=1S/C14H15N3O3/c1-16(14(18)17-7-6-15-10-17)8-11-9-19-12-4-2-3-5-13(12)20-11/h2-7,10-11H,8-9H2,1H3. The number of carbonyl (C=O) groups excluding carboxylic acids is 1. The van der Waals surface area contributed by atoms with Crippen LogP contribution in [0.4, 0.5) is 4.79 Å². The third-order valence-corrected chi connectivity index (χ3v) is 3.10. The van der Waals surface area contributed by atoms with Crippen LogP contribution < -0.4 is 9.47 Å². The van der Waals surface area contributed by atoms with E-state index < -0.39 is 0 Å². The van der Waals surface area contributed by atoms with Crippen molar-refractivity contribution in [2.45, 2.75) is 6.10 Å². The molecular formula is C14H15N3O3. The number of para-hydroxylation sites is 2. The van der Waals surface area contributed by atoms with Gasteiger partial charge in [0.15, 0.2) is 17.6 Å². The fraction of sp³-hybridized carbons (Fsp3) is 0.286. The Morgan fingerprint density at radius 3 is 3.00 bits per heavy atom. The van der Waals surface area contributed by atoms with Gasteiger partial charge in [-0.15, -0.1) is 0 Å². The Kier molecular flexibility index (Phi) is 3.28. The number of aromatic nitrogens is 2. The second kappa shape index (κ2) is 5.24. The van der Waals surface area contributed by atoms with Crippen molar-refractivity contribution >= 4 is 6.03 Å². The average molecular weight is 273 g/mol. The van der Waals surface area contributed by atoms with Crippen molar-refractivity contribution in [3.8, 4) is 11.5 Å². The number of hydrogen-bond donors (Lipinski definition) is 0. The van der Waals surface area contributed by atoms with Crippen LogP contribution in [0.25, 0.3) is 0 Å². The highest BCUT2D eigenvalue weighted by atomic mass is 16.6. The van der Waals surface area contributed by atoms with Crippen LogP contribution in [0.2, 0.25) is 0 Å². The van der Waals surface area contributed by atoms with E-state index in [4.69, 9.17) is 9.47 Å². The molecule has 6 heteroatoms. The smallest absolute Gasteiger partial charge is 0.329 e. The first kappa shape index (κ1) is 12.5. The zero-order valence-corrected chi connectivity index (χ0v) is 11.1. The van der Waals surface area contributed by atoms with Crippen molar-refractivity contribution in [2.24, 2.45) is 0 Å². The Balaban J connectivity index is 1.63. The molecule has 0 radical (unpaired) electrons. The molecule has 2 aromatic rings. The molecule has 0 N–H and O–H groups in total. The highest BCUT2D eigenvalue weighted by Crippen LogP contribution is 2.30. The van der Waals surface area contributed by atoms with E-state index >= 15 is 0 Å². The third-order valence-electron chi connectivity index (χ3n) is 3.10. The number of likely N-dealkylation sites (N-methyl/N-ethyl adjacent to an activating group) is 1. The van der Waals surface area contributed by atoms with Gasteiger partial charge in [0, 0.05) is 19.4 Å². The number of benzene rings is 1. The van der Waals surface area contributed by atoms with Crippen molar-refractivity contribution in [1.82, 2.24) is 14.5 Å². The van der Waals surface area contributed by atoms with Crippen molar-refractivity contribution in [3.63, 3.8) is 0 Å². The van der Waals surface area contributed by atoms with Crippen molar-refractivity contribution in [2.75, 3.05) is 20.2 Å². The zero-order chi connectivity index (χ0) is 13.9. The molecule has 0 saturated carbocycles. The van der Waals surface area contributed by atoms with Crippen LogP contribution in [-0.4, -0.2) is 46.8 Å². The third kappa shape index (κ3) is 2.45. The molecule has 0 aliphatic carbocycles. The Morgan fingerprint density at radius 1 is 1.45 bits per heavy atom. The second-order valence-electron chi connectivity index (χ2n) is 4.63. The molecule has 1 amide bonds. The minimum absolute atomic E-state index is 0.148. The van der Waals surface area contributed by atoms with E-state index in [1.54, 1.807) is 24.3 Å². The largest absolute Gasteiger partial charge is 0.486 e. The van der Waals surface area contributed by atoms with Gasteiger partial charge in [0.25, 0.3) is 0 Å². The molecule has 0 fully saturated rings. The van der Waals surface area contributed by atoms with Crippen LogP contribution in [0.15, 0.2) is 43.0 Å². The van der Waals surface area contributed by atoms with Crippen LogP contribution in [-0.2, 0) is 0 Å². The number of amides is 1. The summed E-state index contributed by atoms with van der Waals surface area (Å²) in [6.45, 7) is 0.879. The van der Waals surface area contributed by atoms with Crippen molar-refractivity contribution < 1.29 is 14.3 Å². The minimum Gasteiger partial charge on any atom is -0.486 e. The number of rotatable bonds is 2. The Morgan fingerprint density at radius 2 is 2.25 bits per heavy atom. The molecule has 0 saturated heterocycles. The van der Waals surface area contributed by atoms with Crippen LogP contribution in [0, 0.1) is 0 Å². The molecule has 1 aromatic heterocycles. The maximum atomic E-state index is 12.1. The molecule has 0 bridgehead atoms. The lowest BCUT2D eigenvalue weighted by Gasteiger charge is -2.29. The summed E-state index contributed by atoms with van der Waals surface area (Å²) in [5.41, 5.74) is 0. The highest BCUT2D eigenvalue weighted by molar-refractivity contribution is 5.76. The van der Waals surface area contributed by atoms with Gasteiger partial charge in [-0.2, -0.15) is 0 Å². The zero-order valence-electron chi connectivity index (χ0n) is 11.1. The van der Waals surface area contributed by atoms with E-state index in [1.165, 1.54) is 10.9 Å². The molecule has 1 unspecified atom stereocenters. The van der Waals surface area contributed by atoms with Gasteiger partial charge in [0.05, 0.1) is 6.54 Å². The molecule has 0 spiro atoms. The van der Waals surface area contributed by atoms with Crippen molar-refractivity contribution in [1.29, 1.82) is 0 Å². The lowest BCUT2D eigenvalue weighted by Crippen LogP contribution is -2.42. The summed E-state index contributed by atoms with van der Waals surface area (Å²) in [4.78, 5) is 17.5. The Bertz CT molecular complexity index is 597. The number of ether oxygens (including phenoxy) is 2. The Hall–Kier alpha value is -2.50. The van der Waals surface area contributed by atoms with Gasteiger partial charge in [-0.05, 0) is 12.1 Å². The number of carbonyl (C=O) groups is 1. The average Bonchev–Trinajstić information content (AvgIpc) is 3.00. The number of fused-ring (bicyclic) bond motifs is 1. The van der Waals surface area contributed by atoms with E-state index in [9.17, 15) is 4.79 Å². The highest BCUT2D eigenvalue weighted by Gasteiger charge is 2.24. The molecule has 1 aliphatic heterocycles. The number of hydrogen-bond acceptors (Lipinski definition) is 4. The maximum Gasteiger partial charge on any atom is 0.329 e. The molecule has 104 valence electrons. The normalized spacial score (nSPS) is 16.8. The topological polar surface area (TPSA) is 56.6 Å². The van der Waals surface area contributed by atoms with Gasteiger partial charge >= 0.3 is 6.03 Å². The summed E-state index contributed by atoms with van der Waals surface area (Å²) < 4.78 is 12.9. The first-order chi connectivity index (χ1) is 9.74. The molecule has 1 atom stereocenters. The van der Waals surface area contributed by atoms with Crippen molar-refractivity contribution in [3.05, 3.63) is 43.0 Å². The van der Waals surface area contributed by atoms with E-state index in [0.717, 1.165) is 5.75 Å². The first-order valence-corrected chi connectivity index (χ1v) is 6.36. The summed E-state index contributed by atoms with van der Waals surface area (Å²) in [7, 11) is 1.73. The van der Waals surface area contributed by atoms with Gasteiger partial charge in [-0.3, -0.25) is 4.57 Å². The monoisotopic (exact) mass is 273 g/mol. The quantitative estimate of drug-likeness (QED) is 0.834. The number of nitrogens with zero attached hydrogens (tertiary/aromatic N) is 3. The SMILES string of the molecule is CN(CC1COc2ccccc2O1)C(=O)n1ccnc1. The molecule has 20 heavy (non-hydrogen) atoms. The molecule has 2 heterocycles. The lowest BCUT2D eigenvalue weighted by atomic mass is 10.2.